The molecule has 1 heterocycles. The minimum atomic E-state index is -1.82. The van der Waals surface area contributed by atoms with Crippen LogP contribution in [0.3, 0.4) is 0 Å². The molecule has 39 heavy (non-hydrogen) atoms. The van der Waals surface area contributed by atoms with Crippen molar-refractivity contribution in [2.24, 2.45) is 0 Å². The molecule has 2 aromatic rings. The van der Waals surface area contributed by atoms with Crippen molar-refractivity contribution < 1.29 is 43.9 Å². The van der Waals surface area contributed by atoms with Crippen LogP contribution in [0.2, 0.25) is 0 Å². The molecule has 4 rings (SSSR count). The number of thioether (sulfide) groups is 1. The largest absolute Gasteiger partial charge is 0.492 e. The fourth-order valence-corrected chi connectivity index (χ4v) is 5.44. The first-order valence-electron chi connectivity index (χ1n) is 12.3. The topological polar surface area (TPSA) is 161 Å². The summed E-state index contributed by atoms with van der Waals surface area (Å²) in [6.45, 7) is 0.747. The molecule has 11 nitrogen and oxygen atoms in total. The van der Waals surface area contributed by atoms with E-state index >= 15 is 0 Å². The number of methoxy groups -OCH3 is 2. The molecule has 2 aromatic carbocycles. The maximum atomic E-state index is 13.0. The Morgan fingerprint density at radius 2 is 1.85 bits per heavy atom. The van der Waals surface area contributed by atoms with Gasteiger partial charge in [-0.15, -0.1) is 11.8 Å². The smallest absolute Gasteiger partial charge is 0.234 e. The van der Waals surface area contributed by atoms with Gasteiger partial charge in [-0.3, -0.25) is 14.4 Å². The monoisotopic (exact) mass is 561 g/mol. The Morgan fingerprint density at radius 1 is 1.13 bits per heavy atom. The van der Waals surface area contributed by atoms with E-state index in [4.69, 9.17) is 18.9 Å². The summed E-state index contributed by atoms with van der Waals surface area (Å²) >= 11 is 1.31. The van der Waals surface area contributed by atoms with Gasteiger partial charge in [-0.25, -0.2) is 0 Å². The molecule has 1 aliphatic heterocycles. The number of benzene rings is 1. The Kier molecular flexibility index (Phi) is 8.82. The van der Waals surface area contributed by atoms with Crippen molar-refractivity contribution >= 4 is 23.5 Å². The first kappa shape index (κ1) is 28.8. The van der Waals surface area contributed by atoms with Crippen LogP contribution in [0.1, 0.15) is 30.5 Å². The summed E-state index contributed by atoms with van der Waals surface area (Å²) in [5.41, 5.74) is 2.48. The maximum Gasteiger partial charge on any atom is 0.234 e. The highest BCUT2D eigenvalue weighted by atomic mass is 32.2. The molecular weight excluding hydrogens is 530 g/mol. The van der Waals surface area contributed by atoms with Gasteiger partial charge in [0.1, 0.15) is 12.2 Å². The minimum absolute atomic E-state index is 0.0900. The number of aliphatic hydroxyl groups excluding tert-OH is 3. The molecule has 0 aromatic heterocycles. The number of hydrogen-bond acceptors (Lipinski definition) is 11. The molecule has 0 saturated carbocycles. The average molecular weight is 562 g/mol. The number of carbonyl (C=O) groups excluding carboxylic acids is 2. The van der Waals surface area contributed by atoms with Crippen molar-refractivity contribution in [1.29, 1.82) is 0 Å². The molecule has 12 heteroatoms. The molecular formula is C27H31NO10S. The maximum absolute atomic E-state index is 13.0. The molecule has 210 valence electrons. The third kappa shape index (κ3) is 5.48. The average Bonchev–Trinajstić information content (AvgIpc) is 3.16. The number of carbonyl (C=O) groups is 2. The van der Waals surface area contributed by atoms with Gasteiger partial charge in [0.2, 0.25) is 17.9 Å². The lowest BCUT2D eigenvalue weighted by Gasteiger charge is -2.35. The molecule has 0 radical (unpaired) electrons. The number of hydrogen-bond donors (Lipinski definition) is 4. The summed E-state index contributed by atoms with van der Waals surface area (Å²) in [5, 5.41) is 32.8. The minimum Gasteiger partial charge on any atom is -0.492 e. The summed E-state index contributed by atoms with van der Waals surface area (Å²) in [4.78, 5) is 37.9. The molecule has 1 fully saturated rings. The lowest BCUT2D eigenvalue weighted by Crippen LogP contribution is -2.57. The number of aliphatic hydroxyl groups is 3. The predicted octanol–water partition coefficient (Wildman–Crippen LogP) is 0.963. The summed E-state index contributed by atoms with van der Waals surface area (Å²) in [6, 6.07) is 6.26. The van der Waals surface area contributed by atoms with Crippen LogP contribution in [0.5, 0.6) is 17.2 Å². The first-order chi connectivity index (χ1) is 18.6. The van der Waals surface area contributed by atoms with Gasteiger partial charge in [0.05, 0.1) is 31.8 Å². The molecule has 2 aliphatic rings. The molecule has 1 amide bonds. The van der Waals surface area contributed by atoms with Crippen LogP contribution in [0.15, 0.2) is 34.0 Å². The number of amides is 1. The number of fused-ring (bicyclic) bond motifs is 3. The van der Waals surface area contributed by atoms with Crippen LogP contribution in [0, 0.1) is 0 Å². The Morgan fingerprint density at radius 3 is 2.46 bits per heavy atom. The predicted molar refractivity (Wildman–Crippen MR) is 141 cm³/mol. The quantitative estimate of drug-likeness (QED) is 0.357. The van der Waals surface area contributed by atoms with E-state index in [2.05, 4.69) is 5.32 Å². The summed E-state index contributed by atoms with van der Waals surface area (Å²) < 4.78 is 22.8. The number of nitrogens with one attached hydrogen (secondary N) is 1. The standard InChI is InChI=1S/C27H31NO10S/c1-12(30)28-16-7-5-13-9-18(37-27-24(34)23(33)22(32)19(11-29)38-27)25(35-2)26(36-3)21(13)14-6-8-20(39-4)17(31)10-15(14)16/h6,8-10,16,19,22,24,27,29,32,34H,5,7,11H2,1-4H3,(H,28,30)/t16?,19-,22-,24-,27?/m1/s1. The highest BCUT2D eigenvalue weighted by molar-refractivity contribution is 7.98. The van der Waals surface area contributed by atoms with E-state index in [1.54, 1.807) is 18.4 Å². The number of Topliss-reactive ketones (excluding diaryl/α,β-unsaturated/α-hetero) is 1. The van der Waals surface area contributed by atoms with Gasteiger partial charge in [-0.1, -0.05) is 6.07 Å². The highest BCUT2D eigenvalue weighted by Crippen LogP contribution is 2.50. The third-order valence-electron chi connectivity index (χ3n) is 6.80. The zero-order chi connectivity index (χ0) is 28.4. The van der Waals surface area contributed by atoms with E-state index in [1.165, 1.54) is 39.0 Å². The van der Waals surface area contributed by atoms with Gasteiger partial charge in [0.15, 0.2) is 28.8 Å². The number of ketones is 1. The van der Waals surface area contributed by atoms with E-state index in [9.17, 15) is 29.7 Å². The Bertz CT molecular complexity index is 1330. The van der Waals surface area contributed by atoms with E-state index in [0.717, 1.165) is 5.56 Å². The van der Waals surface area contributed by atoms with E-state index in [0.29, 0.717) is 34.4 Å². The Balaban J connectivity index is 1.90. The third-order valence-corrected chi connectivity index (χ3v) is 7.58. The fraction of sp³-hybridized carbons (Fsp3) is 0.444. The van der Waals surface area contributed by atoms with Crippen molar-refractivity contribution in [3.05, 3.63) is 45.6 Å². The number of aryl methyl sites for hydroxylation is 1. The molecule has 0 bridgehead atoms. The van der Waals surface area contributed by atoms with Crippen LogP contribution in [0.25, 0.3) is 11.1 Å². The zero-order valence-corrected chi connectivity index (χ0v) is 22.7. The Labute approximate surface area is 229 Å². The van der Waals surface area contributed by atoms with Crippen molar-refractivity contribution in [3.63, 3.8) is 0 Å². The SMILES string of the molecule is COc1c(OC2O[C@H](CO)[C@@H](O)C(=O)[C@H]2O)cc2c(c1OC)-c1ccc(SC)c(=O)cc1C(NC(C)=O)CC2. The van der Waals surface area contributed by atoms with E-state index in [1.807, 2.05) is 6.07 Å². The van der Waals surface area contributed by atoms with Gasteiger partial charge in [-0.05, 0) is 54.0 Å². The number of ether oxygens (including phenoxy) is 4. The summed E-state index contributed by atoms with van der Waals surface area (Å²) in [5.74, 6) is -0.692. The van der Waals surface area contributed by atoms with E-state index < -0.39 is 43.0 Å². The van der Waals surface area contributed by atoms with Gasteiger partial charge < -0.3 is 39.6 Å². The fourth-order valence-electron chi connectivity index (χ4n) is 4.97. The second-order valence-corrected chi connectivity index (χ2v) is 10.0. The van der Waals surface area contributed by atoms with Gasteiger partial charge in [-0.2, -0.15) is 0 Å². The van der Waals surface area contributed by atoms with Crippen LogP contribution >= 0.6 is 11.8 Å². The van der Waals surface area contributed by atoms with Crippen LogP contribution in [0.4, 0.5) is 0 Å². The Hall–Kier alpha value is -3.16. The molecule has 1 aliphatic carbocycles. The molecule has 2 unspecified atom stereocenters. The summed E-state index contributed by atoms with van der Waals surface area (Å²) in [6.07, 6.45) is -3.64. The second kappa shape index (κ2) is 11.9. The van der Waals surface area contributed by atoms with Crippen LogP contribution in [-0.4, -0.2) is 78.7 Å². The number of rotatable bonds is 7. The highest BCUT2D eigenvalue weighted by Gasteiger charge is 2.45. The normalized spacial score (nSPS) is 24.2. The molecule has 5 atom stereocenters. The van der Waals surface area contributed by atoms with Crippen molar-refractivity contribution in [3.8, 4) is 28.4 Å². The van der Waals surface area contributed by atoms with Crippen molar-refractivity contribution in [1.82, 2.24) is 5.32 Å². The lowest BCUT2D eigenvalue weighted by atomic mass is 9.95. The van der Waals surface area contributed by atoms with E-state index in [-0.39, 0.29) is 28.6 Å². The molecule has 4 N–H and O–H groups in total. The lowest BCUT2D eigenvalue weighted by molar-refractivity contribution is -0.229. The molecule has 0 spiro atoms. The van der Waals surface area contributed by atoms with Crippen LogP contribution in [-0.2, 0) is 20.7 Å². The second-order valence-electron chi connectivity index (χ2n) is 9.18. The summed E-state index contributed by atoms with van der Waals surface area (Å²) in [7, 11) is 2.84. The van der Waals surface area contributed by atoms with Crippen molar-refractivity contribution in [2.75, 3.05) is 27.1 Å². The zero-order valence-electron chi connectivity index (χ0n) is 21.9. The van der Waals surface area contributed by atoms with Gasteiger partial charge in [0.25, 0.3) is 0 Å². The first-order valence-corrected chi connectivity index (χ1v) is 13.5. The van der Waals surface area contributed by atoms with Gasteiger partial charge in [0, 0.05) is 12.5 Å². The molecule has 1 saturated heterocycles. The van der Waals surface area contributed by atoms with Crippen molar-refractivity contribution in [2.45, 2.75) is 55.3 Å². The van der Waals surface area contributed by atoms with Crippen LogP contribution < -0.4 is 25.0 Å². The van der Waals surface area contributed by atoms with Gasteiger partial charge >= 0.3 is 0 Å².